The molecule has 0 unspecified atom stereocenters. The predicted octanol–water partition coefficient (Wildman–Crippen LogP) is 2.88. The van der Waals surface area contributed by atoms with Crippen LogP contribution in [0.3, 0.4) is 0 Å². The lowest BCUT2D eigenvalue weighted by Gasteiger charge is -2.04. The van der Waals surface area contributed by atoms with Crippen molar-refractivity contribution in [3.8, 4) is 0 Å². The van der Waals surface area contributed by atoms with Crippen LogP contribution in [0.2, 0.25) is 0 Å². The first kappa shape index (κ1) is 12.2. The molecule has 3 nitrogen and oxygen atoms in total. The second kappa shape index (κ2) is 4.91. The highest BCUT2D eigenvalue weighted by molar-refractivity contribution is 14.1. The maximum Gasteiger partial charge on any atom is 0.248 e. The number of halogens is 1. The fourth-order valence-electron chi connectivity index (χ4n) is 1.74. The molecule has 2 rings (SSSR count). The second-order valence-electron chi connectivity index (χ2n) is 3.83. The van der Waals surface area contributed by atoms with Crippen molar-refractivity contribution < 1.29 is 9.21 Å². The molecule has 2 N–H and O–H groups in total. The van der Waals surface area contributed by atoms with Gasteiger partial charge in [-0.3, -0.25) is 4.79 Å². The molecule has 0 aliphatic heterocycles. The molecule has 0 fully saturated rings. The van der Waals surface area contributed by atoms with Gasteiger partial charge in [-0.05, 0) is 47.2 Å². The lowest BCUT2D eigenvalue weighted by Crippen LogP contribution is -2.13. The predicted molar refractivity (Wildman–Crippen MR) is 73.9 cm³/mol. The van der Waals surface area contributed by atoms with E-state index < -0.39 is 5.91 Å². The molecule has 2 aromatic rings. The molecule has 1 heterocycles. The average molecular weight is 341 g/mol. The Bertz CT molecular complexity index is 560. The number of rotatable bonds is 3. The van der Waals surface area contributed by atoms with Crippen LogP contribution in [0.15, 0.2) is 34.7 Å². The van der Waals surface area contributed by atoms with E-state index in [-0.39, 0.29) is 0 Å². The number of amides is 1. The summed E-state index contributed by atoms with van der Waals surface area (Å²) in [5.41, 5.74) is 6.79. The molecular weight excluding hydrogens is 329 g/mol. The van der Waals surface area contributed by atoms with Gasteiger partial charge in [0.05, 0.1) is 3.57 Å². The van der Waals surface area contributed by atoms with Crippen molar-refractivity contribution in [1.82, 2.24) is 0 Å². The third-order valence-corrected chi connectivity index (χ3v) is 3.43. The minimum Gasteiger partial charge on any atom is -0.465 e. The van der Waals surface area contributed by atoms with Gasteiger partial charge in [0.1, 0.15) is 11.5 Å². The molecule has 17 heavy (non-hydrogen) atoms. The van der Waals surface area contributed by atoms with Crippen molar-refractivity contribution in [2.45, 2.75) is 13.3 Å². The summed E-state index contributed by atoms with van der Waals surface area (Å²) in [6.07, 6.45) is 0.589. The standard InChI is InChI=1S/C13H12INO2/c1-8-6-11(14)12(17-8)7-9-4-2-3-5-10(9)13(15)16/h2-6H,7H2,1H3,(H2,15,16). The zero-order valence-corrected chi connectivity index (χ0v) is 11.5. The Labute approximate surface area is 113 Å². The molecule has 0 spiro atoms. The number of carbonyl (C=O) groups is 1. The van der Waals surface area contributed by atoms with E-state index >= 15 is 0 Å². The van der Waals surface area contributed by atoms with Crippen LogP contribution in [0.1, 0.15) is 27.4 Å². The normalized spacial score (nSPS) is 10.5. The molecule has 0 atom stereocenters. The maximum atomic E-state index is 11.3. The van der Waals surface area contributed by atoms with E-state index in [0.29, 0.717) is 12.0 Å². The van der Waals surface area contributed by atoms with Crippen LogP contribution >= 0.6 is 22.6 Å². The number of aryl methyl sites for hydroxylation is 1. The number of benzene rings is 1. The lowest BCUT2D eigenvalue weighted by molar-refractivity contribution is 0.0999. The molecule has 1 amide bonds. The number of hydrogen-bond donors (Lipinski definition) is 1. The van der Waals surface area contributed by atoms with Gasteiger partial charge in [0.15, 0.2) is 0 Å². The Hall–Kier alpha value is -1.30. The van der Waals surface area contributed by atoms with Crippen LogP contribution in [0.25, 0.3) is 0 Å². The summed E-state index contributed by atoms with van der Waals surface area (Å²) in [4.78, 5) is 11.3. The summed E-state index contributed by atoms with van der Waals surface area (Å²) in [7, 11) is 0. The van der Waals surface area contributed by atoms with Gasteiger partial charge in [-0.25, -0.2) is 0 Å². The van der Waals surface area contributed by atoms with Crippen molar-refractivity contribution >= 4 is 28.5 Å². The third-order valence-electron chi connectivity index (χ3n) is 2.51. The number of nitrogens with two attached hydrogens (primary N) is 1. The van der Waals surface area contributed by atoms with Crippen LogP contribution in [0.5, 0.6) is 0 Å². The van der Waals surface area contributed by atoms with Gasteiger partial charge in [0.25, 0.3) is 0 Å². The highest BCUT2D eigenvalue weighted by atomic mass is 127. The Morgan fingerprint density at radius 3 is 2.71 bits per heavy atom. The number of carbonyl (C=O) groups excluding carboxylic acids is 1. The molecule has 0 aliphatic rings. The van der Waals surface area contributed by atoms with Crippen LogP contribution < -0.4 is 5.73 Å². The first-order valence-electron chi connectivity index (χ1n) is 5.20. The van der Waals surface area contributed by atoms with E-state index in [4.69, 9.17) is 10.2 Å². The minimum atomic E-state index is -0.404. The number of primary amides is 1. The van der Waals surface area contributed by atoms with Crippen LogP contribution in [0, 0.1) is 10.5 Å². The lowest BCUT2D eigenvalue weighted by atomic mass is 10.0. The summed E-state index contributed by atoms with van der Waals surface area (Å²) < 4.78 is 6.66. The SMILES string of the molecule is Cc1cc(I)c(Cc2ccccc2C(N)=O)o1. The average Bonchev–Trinajstić information content (AvgIpc) is 2.58. The molecule has 88 valence electrons. The molecule has 0 saturated carbocycles. The van der Waals surface area contributed by atoms with Crippen LogP contribution in [-0.4, -0.2) is 5.91 Å². The highest BCUT2D eigenvalue weighted by Crippen LogP contribution is 2.22. The summed E-state index contributed by atoms with van der Waals surface area (Å²) in [5, 5.41) is 0. The second-order valence-corrected chi connectivity index (χ2v) is 4.99. The fraction of sp³-hybridized carbons (Fsp3) is 0.154. The van der Waals surface area contributed by atoms with E-state index in [1.165, 1.54) is 0 Å². The van der Waals surface area contributed by atoms with Gasteiger partial charge in [0, 0.05) is 12.0 Å². The smallest absolute Gasteiger partial charge is 0.248 e. The van der Waals surface area contributed by atoms with Gasteiger partial charge in [0.2, 0.25) is 5.91 Å². The Morgan fingerprint density at radius 1 is 1.41 bits per heavy atom. The van der Waals surface area contributed by atoms with E-state index in [1.807, 2.05) is 31.2 Å². The van der Waals surface area contributed by atoms with E-state index in [2.05, 4.69) is 22.6 Å². The first-order chi connectivity index (χ1) is 8.08. The molecule has 0 saturated heterocycles. The zero-order chi connectivity index (χ0) is 12.4. The van der Waals surface area contributed by atoms with Crippen LogP contribution in [0.4, 0.5) is 0 Å². The van der Waals surface area contributed by atoms with Crippen molar-refractivity contribution in [3.05, 3.63) is 56.5 Å². The van der Waals surface area contributed by atoms with Crippen LogP contribution in [-0.2, 0) is 6.42 Å². The third kappa shape index (κ3) is 2.69. The Balaban J connectivity index is 2.36. The van der Waals surface area contributed by atoms with Gasteiger partial charge >= 0.3 is 0 Å². The molecule has 1 aromatic carbocycles. The summed E-state index contributed by atoms with van der Waals surface area (Å²) in [6, 6.07) is 9.31. The monoisotopic (exact) mass is 341 g/mol. The Morgan fingerprint density at radius 2 is 2.12 bits per heavy atom. The fourth-order valence-corrected chi connectivity index (χ4v) is 2.48. The molecule has 1 aromatic heterocycles. The zero-order valence-electron chi connectivity index (χ0n) is 9.37. The first-order valence-corrected chi connectivity index (χ1v) is 6.28. The van der Waals surface area contributed by atoms with E-state index in [0.717, 1.165) is 20.7 Å². The van der Waals surface area contributed by atoms with E-state index in [1.54, 1.807) is 6.07 Å². The molecule has 0 aliphatic carbocycles. The number of furan rings is 1. The maximum absolute atomic E-state index is 11.3. The largest absolute Gasteiger partial charge is 0.465 e. The van der Waals surface area contributed by atoms with Crippen molar-refractivity contribution in [2.75, 3.05) is 0 Å². The molecule has 0 bridgehead atoms. The van der Waals surface area contributed by atoms with Crippen molar-refractivity contribution in [3.63, 3.8) is 0 Å². The summed E-state index contributed by atoms with van der Waals surface area (Å²) in [5.74, 6) is 1.34. The molecule has 0 radical (unpaired) electrons. The van der Waals surface area contributed by atoms with Crippen molar-refractivity contribution in [1.29, 1.82) is 0 Å². The van der Waals surface area contributed by atoms with E-state index in [9.17, 15) is 4.79 Å². The van der Waals surface area contributed by atoms with Crippen molar-refractivity contribution in [2.24, 2.45) is 5.73 Å². The number of hydrogen-bond acceptors (Lipinski definition) is 2. The van der Waals surface area contributed by atoms with Gasteiger partial charge in [-0.15, -0.1) is 0 Å². The summed E-state index contributed by atoms with van der Waals surface area (Å²) >= 11 is 2.23. The Kier molecular flexibility index (Phi) is 3.51. The molecular formula is C13H12INO2. The quantitative estimate of drug-likeness (QED) is 0.873. The topological polar surface area (TPSA) is 56.2 Å². The van der Waals surface area contributed by atoms with Gasteiger partial charge < -0.3 is 10.2 Å². The summed E-state index contributed by atoms with van der Waals surface area (Å²) in [6.45, 7) is 1.91. The molecule has 4 heteroatoms. The van der Waals surface area contributed by atoms with Gasteiger partial charge in [-0.2, -0.15) is 0 Å². The minimum absolute atomic E-state index is 0.404. The van der Waals surface area contributed by atoms with Gasteiger partial charge in [-0.1, -0.05) is 18.2 Å². The highest BCUT2D eigenvalue weighted by Gasteiger charge is 2.12.